The molecular weight excluding hydrogens is 182 g/mol. The molecule has 0 aromatic heterocycles. The van der Waals surface area contributed by atoms with E-state index >= 15 is 0 Å². The molecule has 1 aliphatic heterocycles. The lowest BCUT2D eigenvalue weighted by molar-refractivity contribution is -0.165. The Bertz CT molecular complexity index is 265. The summed E-state index contributed by atoms with van der Waals surface area (Å²) in [5.74, 6) is -0.942. The van der Waals surface area contributed by atoms with Gasteiger partial charge in [-0.3, -0.25) is 9.63 Å². The number of sulfone groups is 1. The Morgan fingerprint density at radius 2 is 2.25 bits per heavy atom. The van der Waals surface area contributed by atoms with Crippen LogP contribution in [0.1, 0.15) is 6.42 Å². The van der Waals surface area contributed by atoms with Crippen molar-refractivity contribution in [2.45, 2.75) is 6.42 Å². The number of amides is 1. The molecule has 70 valence electrons. The van der Waals surface area contributed by atoms with Crippen LogP contribution in [0.2, 0.25) is 0 Å². The highest BCUT2D eigenvalue weighted by Crippen LogP contribution is 2.04. The first-order valence-electron chi connectivity index (χ1n) is 3.60. The van der Waals surface area contributed by atoms with E-state index in [-0.39, 0.29) is 0 Å². The van der Waals surface area contributed by atoms with Crippen molar-refractivity contribution in [3.63, 3.8) is 0 Å². The van der Waals surface area contributed by atoms with Gasteiger partial charge in [-0.05, 0) is 6.42 Å². The lowest BCUT2D eigenvalue weighted by Gasteiger charge is -2.12. The molecular formula is C6H11NO4S. The SMILES string of the molecule is CS(=O)(=O)CC(=O)N1CCCO1. The molecule has 1 fully saturated rings. The van der Waals surface area contributed by atoms with Crippen molar-refractivity contribution >= 4 is 15.7 Å². The number of carbonyl (C=O) groups is 1. The highest BCUT2D eigenvalue weighted by Gasteiger charge is 2.22. The summed E-state index contributed by atoms with van der Waals surface area (Å²) in [5, 5.41) is 1.11. The molecule has 1 saturated heterocycles. The Labute approximate surface area is 71.2 Å². The highest BCUT2D eigenvalue weighted by molar-refractivity contribution is 7.91. The summed E-state index contributed by atoms with van der Waals surface area (Å²) < 4.78 is 21.4. The van der Waals surface area contributed by atoms with Crippen molar-refractivity contribution < 1.29 is 18.0 Å². The minimum Gasteiger partial charge on any atom is -0.271 e. The van der Waals surface area contributed by atoms with Gasteiger partial charge in [-0.2, -0.15) is 0 Å². The molecule has 0 saturated carbocycles. The molecule has 0 N–H and O–H groups in total. The van der Waals surface area contributed by atoms with Gasteiger partial charge in [0.25, 0.3) is 5.91 Å². The smallest absolute Gasteiger partial charge is 0.261 e. The molecule has 0 spiro atoms. The number of hydroxylamine groups is 2. The van der Waals surface area contributed by atoms with Gasteiger partial charge in [-0.25, -0.2) is 13.5 Å². The van der Waals surface area contributed by atoms with E-state index in [1.807, 2.05) is 0 Å². The third kappa shape index (κ3) is 2.78. The molecule has 0 atom stereocenters. The second kappa shape index (κ2) is 3.40. The lowest BCUT2D eigenvalue weighted by atomic mass is 10.5. The normalized spacial score (nSPS) is 18.2. The van der Waals surface area contributed by atoms with Gasteiger partial charge in [0.05, 0.1) is 13.2 Å². The zero-order valence-electron chi connectivity index (χ0n) is 6.82. The molecule has 0 aromatic rings. The van der Waals surface area contributed by atoms with E-state index in [9.17, 15) is 13.2 Å². The van der Waals surface area contributed by atoms with Gasteiger partial charge >= 0.3 is 0 Å². The second-order valence-corrected chi connectivity index (χ2v) is 4.89. The summed E-state index contributed by atoms with van der Waals surface area (Å²) in [4.78, 5) is 16.0. The molecule has 1 heterocycles. The average molecular weight is 193 g/mol. The Morgan fingerprint density at radius 3 is 2.67 bits per heavy atom. The van der Waals surface area contributed by atoms with Crippen LogP contribution in [0, 0.1) is 0 Å². The summed E-state index contributed by atoms with van der Waals surface area (Å²) in [5.41, 5.74) is 0. The summed E-state index contributed by atoms with van der Waals surface area (Å²) in [7, 11) is -3.23. The van der Waals surface area contributed by atoms with E-state index < -0.39 is 21.5 Å². The third-order valence-corrected chi connectivity index (χ3v) is 2.19. The Hall–Kier alpha value is -0.620. The number of nitrogens with zero attached hydrogens (tertiary/aromatic N) is 1. The van der Waals surface area contributed by atoms with Crippen LogP contribution in [0.25, 0.3) is 0 Å². The van der Waals surface area contributed by atoms with Crippen LogP contribution in [0.5, 0.6) is 0 Å². The quantitative estimate of drug-likeness (QED) is 0.575. The Kier molecular flexibility index (Phi) is 2.69. The monoisotopic (exact) mass is 193 g/mol. The first kappa shape index (κ1) is 9.47. The van der Waals surface area contributed by atoms with Crippen LogP contribution in [0.4, 0.5) is 0 Å². The fourth-order valence-electron chi connectivity index (χ4n) is 0.940. The van der Waals surface area contributed by atoms with Crippen molar-refractivity contribution in [1.29, 1.82) is 0 Å². The van der Waals surface area contributed by atoms with E-state index in [0.717, 1.165) is 17.7 Å². The minimum atomic E-state index is -3.23. The molecule has 6 heteroatoms. The first-order chi connectivity index (χ1) is 5.49. The van der Waals surface area contributed by atoms with E-state index in [1.165, 1.54) is 0 Å². The first-order valence-corrected chi connectivity index (χ1v) is 5.66. The van der Waals surface area contributed by atoms with Gasteiger partial charge in [0.15, 0.2) is 9.84 Å². The molecule has 0 bridgehead atoms. The highest BCUT2D eigenvalue weighted by atomic mass is 32.2. The molecule has 1 rings (SSSR count). The number of hydrogen-bond acceptors (Lipinski definition) is 4. The maximum absolute atomic E-state index is 11.1. The molecule has 12 heavy (non-hydrogen) atoms. The summed E-state index contributed by atoms with van der Waals surface area (Å²) >= 11 is 0. The number of hydrogen-bond donors (Lipinski definition) is 0. The van der Waals surface area contributed by atoms with Crippen LogP contribution in [0.15, 0.2) is 0 Å². The minimum absolute atomic E-state index is 0.465. The molecule has 0 aliphatic carbocycles. The van der Waals surface area contributed by atoms with Crippen LogP contribution >= 0.6 is 0 Å². The van der Waals surface area contributed by atoms with E-state index in [4.69, 9.17) is 4.84 Å². The van der Waals surface area contributed by atoms with Gasteiger partial charge in [-0.15, -0.1) is 0 Å². The molecule has 5 nitrogen and oxygen atoms in total. The molecule has 0 aromatic carbocycles. The Balaban J connectivity index is 2.48. The third-order valence-electron chi connectivity index (χ3n) is 1.42. The van der Waals surface area contributed by atoms with Crippen molar-refractivity contribution in [2.75, 3.05) is 25.2 Å². The van der Waals surface area contributed by atoms with Crippen molar-refractivity contribution in [1.82, 2.24) is 5.06 Å². The second-order valence-electron chi connectivity index (χ2n) is 2.75. The van der Waals surface area contributed by atoms with E-state index in [2.05, 4.69) is 0 Å². The zero-order valence-corrected chi connectivity index (χ0v) is 7.63. The largest absolute Gasteiger partial charge is 0.271 e. The lowest BCUT2D eigenvalue weighted by Crippen LogP contribution is -2.32. The van der Waals surface area contributed by atoms with Gasteiger partial charge in [-0.1, -0.05) is 0 Å². The zero-order chi connectivity index (χ0) is 9.19. The number of rotatable bonds is 2. The summed E-state index contributed by atoms with van der Waals surface area (Å²) in [6.07, 6.45) is 1.80. The molecule has 0 unspecified atom stereocenters. The van der Waals surface area contributed by atoms with E-state index in [1.54, 1.807) is 0 Å². The van der Waals surface area contributed by atoms with Crippen molar-refractivity contribution in [2.24, 2.45) is 0 Å². The van der Waals surface area contributed by atoms with Crippen LogP contribution in [-0.4, -0.2) is 44.5 Å². The summed E-state index contributed by atoms with van der Waals surface area (Å²) in [6.45, 7) is 0.990. The topological polar surface area (TPSA) is 63.7 Å². The predicted octanol–water partition coefficient (Wildman–Crippen LogP) is -0.805. The Morgan fingerprint density at radius 1 is 1.58 bits per heavy atom. The van der Waals surface area contributed by atoms with Crippen molar-refractivity contribution in [3.8, 4) is 0 Å². The van der Waals surface area contributed by atoms with Gasteiger partial charge in [0, 0.05) is 6.26 Å². The summed E-state index contributed by atoms with van der Waals surface area (Å²) in [6, 6.07) is 0. The molecule has 1 amide bonds. The maximum atomic E-state index is 11.1. The molecule has 1 aliphatic rings. The predicted molar refractivity (Wildman–Crippen MR) is 42.0 cm³/mol. The fraction of sp³-hybridized carbons (Fsp3) is 0.833. The van der Waals surface area contributed by atoms with Crippen LogP contribution in [-0.2, 0) is 19.5 Å². The maximum Gasteiger partial charge on any atom is 0.261 e. The van der Waals surface area contributed by atoms with Crippen LogP contribution < -0.4 is 0 Å². The van der Waals surface area contributed by atoms with Crippen LogP contribution in [0.3, 0.4) is 0 Å². The molecule has 0 radical (unpaired) electrons. The van der Waals surface area contributed by atoms with Crippen molar-refractivity contribution in [3.05, 3.63) is 0 Å². The number of carbonyl (C=O) groups excluding carboxylic acids is 1. The van der Waals surface area contributed by atoms with Gasteiger partial charge < -0.3 is 0 Å². The standard InChI is InChI=1S/C6H11NO4S/c1-12(9,10)5-6(8)7-3-2-4-11-7/h2-5H2,1H3. The van der Waals surface area contributed by atoms with Gasteiger partial charge in [0.2, 0.25) is 0 Å². The average Bonchev–Trinajstić information content (AvgIpc) is 2.32. The van der Waals surface area contributed by atoms with E-state index in [0.29, 0.717) is 13.2 Å². The fourth-order valence-corrected chi connectivity index (χ4v) is 1.53. The van der Waals surface area contributed by atoms with Gasteiger partial charge in [0.1, 0.15) is 5.75 Å².